The van der Waals surface area contributed by atoms with Gasteiger partial charge in [0, 0.05) is 5.56 Å². The van der Waals surface area contributed by atoms with Gasteiger partial charge in [0.1, 0.15) is 17.9 Å². The third kappa shape index (κ3) is 4.34. The Bertz CT molecular complexity index is 927. The van der Waals surface area contributed by atoms with Crippen molar-refractivity contribution in [3.05, 3.63) is 65.7 Å². The quantitative estimate of drug-likeness (QED) is 0.668. The Balaban J connectivity index is 1.65. The molecular weight excluding hydrogens is 353 g/mol. The highest BCUT2D eigenvalue weighted by Gasteiger charge is 2.09. The van der Waals surface area contributed by atoms with E-state index in [4.69, 9.17) is 17.0 Å². The Morgan fingerprint density at radius 1 is 1.23 bits per heavy atom. The van der Waals surface area contributed by atoms with Crippen molar-refractivity contribution in [2.45, 2.75) is 13.5 Å². The Morgan fingerprint density at radius 2 is 2.04 bits per heavy atom. The van der Waals surface area contributed by atoms with Gasteiger partial charge in [0.2, 0.25) is 5.95 Å². The summed E-state index contributed by atoms with van der Waals surface area (Å²) in [6.07, 6.45) is 1.52. The van der Waals surface area contributed by atoms with Gasteiger partial charge in [-0.05, 0) is 42.9 Å². The molecule has 0 radical (unpaired) electrons. The van der Waals surface area contributed by atoms with Gasteiger partial charge < -0.3 is 10.1 Å². The minimum atomic E-state index is -0.277. The fourth-order valence-electron chi connectivity index (χ4n) is 2.40. The molecule has 6 nitrogen and oxygen atoms in total. The van der Waals surface area contributed by atoms with Crippen molar-refractivity contribution in [2.24, 2.45) is 0 Å². The molecule has 0 saturated heterocycles. The highest BCUT2D eigenvalue weighted by Crippen LogP contribution is 2.25. The van der Waals surface area contributed by atoms with E-state index in [0.29, 0.717) is 22.4 Å². The number of methoxy groups -OCH3 is 1. The highest BCUT2D eigenvalue weighted by molar-refractivity contribution is 7.80. The molecule has 0 spiro atoms. The molecule has 2 N–H and O–H groups in total. The number of anilines is 2. The molecule has 0 unspecified atom stereocenters. The lowest BCUT2D eigenvalue weighted by Gasteiger charge is -2.12. The SMILES string of the molecule is COc1ccc(C)cc1NC(=S)Nc1ncn(Cc2ccccc2F)n1. The number of thiocarbonyl (C=S) groups is 1. The van der Waals surface area contributed by atoms with E-state index in [1.165, 1.54) is 17.1 Å². The number of hydrogen-bond donors (Lipinski definition) is 2. The summed E-state index contributed by atoms with van der Waals surface area (Å²) in [4.78, 5) is 4.14. The molecule has 26 heavy (non-hydrogen) atoms. The summed E-state index contributed by atoms with van der Waals surface area (Å²) < 4.78 is 20.6. The second kappa shape index (κ2) is 7.92. The van der Waals surface area contributed by atoms with E-state index in [2.05, 4.69) is 20.7 Å². The van der Waals surface area contributed by atoms with Crippen LogP contribution < -0.4 is 15.4 Å². The lowest BCUT2D eigenvalue weighted by atomic mass is 10.2. The Kier molecular flexibility index (Phi) is 5.43. The summed E-state index contributed by atoms with van der Waals surface area (Å²) in [6.45, 7) is 2.26. The summed E-state index contributed by atoms with van der Waals surface area (Å²) in [7, 11) is 1.60. The van der Waals surface area contributed by atoms with Crippen molar-refractivity contribution in [3.8, 4) is 5.75 Å². The predicted molar refractivity (Wildman–Crippen MR) is 103 cm³/mol. The van der Waals surface area contributed by atoms with Gasteiger partial charge in [-0.2, -0.15) is 0 Å². The maximum absolute atomic E-state index is 13.7. The summed E-state index contributed by atoms with van der Waals surface area (Å²) in [6, 6.07) is 12.3. The molecule has 134 valence electrons. The molecule has 0 saturated carbocycles. The molecule has 3 rings (SSSR count). The van der Waals surface area contributed by atoms with Gasteiger partial charge in [-0.25, -0.2) is 14.1 Å². The van der Waals surface area contributed by atoms with Crippen LogP contribution in [0.15, 0.2) is 48.8 Å². The number of rotatable bonds is 5. The number of nitrogens with one attached hydrogen (secondary N) is 2. The molecule has 0 atom stereocenters. The van der Waals surface area contributed by atoms with Crippen molar-refractivity contribution in [1.82, 2.24) is 14.8 Å². The van der Waals surface area contributed by atoms with E-state index >= 15 is 0 Å². The van der Waals surface area contributed by atoms with Gasteiger partial charge >= 0.3 is 0 Å². The second-order valence-electron chi connectivity index (χ2n) is 5.64. The molecule has 0 fully saturated rings. The third-order valence-corrected chi connectivity index (χ3v) is 3.86. The molecule has 0 aliphatic rings. The van der Waals surface area contributed by atoms with Crippen molar-refractivity contribution in [2.75, 3.05) is 17.7 Å². The van der Waals surface area contributed by atoms with Crippen LogP contribution in [0.4, 0.5) is 16.0 Å². The zero-order valence-corrected chi connectivity index (χ0v) is 15.2. The first kappa shape index (κ1) is 17.8. The average molecular weight is 371 g/mol. The smallest absolute Gasteiger partial charge is 0.248 e. The number of aromatic nitrogens is 3. The molecule has 3 aromatic rings. The van der Waals surface area contributed by atoms with Gasteiger partial charge in [-0.3, -0.25) is 5.32 Å². The molecule has 1 heterocycles. The van der Waals surface area contributed by atoms with Crippen LogP contribution in [0, 0.1) is 12.7 Å². The van der Waals surface area contributed by atoms with E-state index in [-0.39, 0.29) is 12.4 Å². The largest absolute Gasteiger partial charge is 0.495 e. The zero-order chi connectivity index (χ0) is 18.5. The van der Waals surface area contributed by atoms with Crippen molar-refractivity contribution < 1.29 is 9.13 Å². The van der Waals surface area contributed by atoms with Crippen molar-refractivity contribution in [3.63, 3.8) is 0 Å². The maximum atomic E-state index is 13.7. The Labute approximate surface area is 156 Å². The molecule has 0 bridgehead atoms. The third-order valence-electron chi connectivity index (χ3n) is 3.66. The minimum absolute atomic E-state index is 0.277. The number of benzene rings is 2. The van der Waals surface area contributed by atoms with Crippen molar-refractivity contribution in [1.29, 1.82) is 0 Å². The van der Waals surface area contributed by atoms with E-state index in [9.17, 15) is 4.39 Å². The second-order valence-corrected chi connectivity index (χ2v) is 6.05. The number of aryl methyl sites for hydroxylation is 1. The van der Waals surface area contributed by atoms with Crippen LogP contribution >= 0.6 is 12.2 Å². The standard InChI is InChI=1S/C18H18FN5OS/c1-12-7-8-16(25-2)15(9-12)21-18(26)22-17-20-11-24(23-17)10-13-5-3-4-6-14(13)19/h3-9,11H,10H2,1-2H3,(H2,21,22,23,26). The number of nitrogens with zero attached hydrogens (tertiary/aromatic N) is 3. The fraction of sp³-hybridized carbons (Fsp3) is 0.167. The molecule has 8 heteroatoms. The van der Waals surface area contributed by atoms with Gasteiger partial charge in [0.05, 0.1) is 19.3 Å². The first-order valence-electron chi connectivity index (χ1n) is 7.90. The van der Waals surface area contributed by atoms with Gasteiger partial charge in [-0.1, -0.05) is 24.3 Å². The van der Waals surface area contributed by atoms with E-state index in [1.54, 1.807) is 25.3 Å². The van der Waals surface area contributed by atoms with E-state index in [1.807, 2.05) is 25.1 Å². The molecule has 0 aliphatic heterocycles. The Morgan fingerprint density at radius 3 is 2.81 bits per heavy atom. The molecule has 1 aromatic heterocycles. The summed E-state index contributed by atoms with van der Waals surface area (Å²) in [5.74, 6) is 0.726. The lowest BCUT2D eigenvalue weighted by Crippen LogP contribution is -2.20. The molecular formula is C18H18FN5OS. The van der Waals surface area contributed by atoms with Crippen LogP contribution in [0.3, 0.4) is 0 Å². The predicted octanol–water partition coefficient (Wildman–Crippen LogP) is 3.59. The highest BCUT2D eigenvalue weighted by atomic mass is 32.1. The monoisotopic (exact) mass is 371 g/mol. The average Bonchev–Trinajstić information content (AvgIpc) is 3.04. The van der Waals surface area contributed by atoms with E-state index < -0.39 is 0 Å². The first-order chi connectivity index (χ1) is 12.5. The first-order valence-corrected chi connectivity index (χ1v) is 8.31. The molecule has 0 aliphatic carbocycles. The molecule has 2 aromatic carbocycles. The molecule has 0 amide bonds. The van der Waals surface area contributed by atoms with Crippen LogP contribution in [0.2, 0.25) is 0 Å². The van der Waals surface area contributed by atoms with Gasteiger partial charge in [0.15, 0.2) is 5.11 Å². The zero-order valence-electron chi connectivity index (χ0n) is 14.4. The van der Waals surface area contributed by atoms with Crippen LogP contribution in [-0.4, -0.2) is 27.0 Å². The van der Waals surface area contributed by atoms with Crippen LogP contribution in [0.25, 0.3) is 0 Å². The number of halogens is 1. The van der Waals surface area contributed by atoms with Crippen LogP contribution in [0.5, 0.6) is 5.75 Å². The van der Waals surface area contributed by atoms with Crippen LogP contribution in [-0.2, 0) is 6.54 Å². The van der Waals surface area contributed by atoms with Crippen molar-refractivity contribution >= 4 is 29.0 Å². The number of ether oxygens (including phenoxy) is 1. The normalized spacial score (nSPS) is 10.4. The van der Waals surface area contributed by atoms with Crippen LogP contribution in [0.1, 0.15) is 11.1 Å². The minimum Gasteiger partial charge on any atom is -0.495 e. The van der Waals surface area contributed by atoms with Gasteiger partial charge in [0.25, 0.3) is 0 Å². The number of hydrogen-bond acceptors (Lipinski definition) is 4. The Hall–Kier alpha value is -3.00. The maximum Gasteiger partial charge on any atom is 0.248 e. The van der Waals surface area contributed by atoms with Gasteiger partial charge in [-0.15, -0.1) is 5.10 Å². The summed E-state index contributed by atoms with van der Waals surface area (Å²) in [5, 5.41) is 10.6. The summed E-state index contributed by atoms with van der Waals surface area (Å²) >= 11 is 5.30. The van der Waals surface area contributed by atoms with E-state index in [0.717, 1.165) is 11.3 Å². The summed E-state index contributed by atoms with van der Waals surface area (Å²) in [5.41, 5.74) is 2.35. The lowest BCUT2D eigenvalue weighted by molar-refractivity contribution is 0.417. The fourth-order valence-corrected chi connectivity index (χ4v) is 2.61. The topological polar surface area (TPSA) is 64.0 Å².